The van der Waals surface area contributed by atoms with E-state index in [1.807, 2.05) is 20.8 Å². The van der Waals surface area contributed by atoms with Crippen molar-refractivity contribution >= 4 is 15.9 Å². The summed E-state index contributed by atoms with van der Waals surface area (Å²) < 4.78 is 32.2. The van der Waals surface area contributed by atoms with Crippen molar-refractivity contribution < 1.29 is 17.9 Å². The maximum atomic E-state index is 12.8. The highest BCUT2D eigenvalue weighted by Crippen LogP contribution is 2.27. The molecule has 0 bridgehead atoms. The van der Waals surface area contributed by atoms with Crippen LogP contribution in [0.4, 0.5) is 0 Å². The van der Waals surface area contributed by atoms with Crippen LogP contribution in [0.15, 0.2) is 29.2 Å². The molecule has 6 nitrogen and oxygen atoms in total. The Hall–Kier alpha value is -1.60. The highest BCUT2D eigenvalue weighted by atomic mass is 32.2. The van der Waals surface area contributed by atoms with Crippen LogP contribution in [0.25, 0.3) is 0 Å². The number of carbonyl (C=O) groups is 1. The van der Waals surface area contributed by atoms with Crippen LogP contribution in [0.2, 0.25) is 0 Å². The van der Waals surface area contributed by atoms with Gasteiger partial charge in [-0.25, -0.2) is 8.42 Å². The molecule has 1 aromatic rings. The fourth-order valence-electron chi connectivity index (χ4n) is 2.71. The van der Waals surface area contributed by atoms with Gasteiger partial charge in [0, 0.05) is 32.6 Å². The number of carbonyl (C=O) groups excluding carboxylic acids is 1. The number of para-hydroxylation sites is 1. The number of hydrogen-bond donors (Lipinski definition) is 0. The molecule has 0 radical (unpaired) electrons. The summed E-state index contributed by atoms with van der Waals surface area (Å²) in [5, 5.41) is 0. The Morgan fingerprint density at radius 1 is 1.12 bits per heavy atom. The molecule has 1 aliphatic heterocycles. The summed E-state index contributed by atoms with van der Waals surface area (Å²) in [7, 11) is -2.16. The Bertz CT molecular complexity index is 687. The van der Waals surface area contributed by atoms with Crippen LogP contribution in [0.5, 0.6) is 5.75 Å². The zero-order valence-corrected chi connectivity index (χ0v) is 15.6. The summed E-state index contributed by atoms with van der Waals surface area (Å²) >= 11 is 0. The molecule has 0 aromatic heterocycles. The van der Waals surface area contributed by atoms with E-state index in [0.29, 0.717) is 38.3 Å². The first-order valence-electron chi connectivity index (χ1n) is 8.06. The summed E-state index contributed by atoms with van der Waals surface area (Å²) in [5.41, 5.74) is -0.0717. The van der Waals surface area contributed by atoms with Crippen molar-refractivity contribution in [3.05, 3.63) is 24.3 Å². The van der Waals surface area contributed by atoms with Crippen molar-refractivity contribution in [1.29, 1.82) is 0 Å². The molecule has 0 aliphatic carbocycles. The average Bonchev–Trinajstić information content (AvgIpc) is 2.53. The van der Waals surface area contributed by atoms with Crippen LogP contribution in [0.3, 0.4) is 0 Å². The number of amides is 1. The van der Waals surface area contributed by atoms with E-state index in [2.05, 4.69) is 0 Å². The van der Waals surface area contributed by atoms with Gasteiger partial charge in [-0.05, 0) is 17.5 Å². The molecule has 1 saturated heterocycles. The van der Waals surface area contributed by atoms with Gasteiger partial charge in [0.2, 0.25) is 15.9 Å². The van der Waals surface area contributed by atoms with Crippen molar-refractivity contribution in [3.8, 4) is 5.75 Å². The van der Waals surface area contributed by atoms with E-state index in [1.54, 1.807) is 29.2 Å². The second-order valence-corrected chi connectivity index (χ2v) is 9.08. The Balaban J connectivity index is 2.07. The van der Waals surface area contributed by atoms with Gasteiger partial charge in [-0.15, -0.1) is 0 Å². The Morgan fingerprint density at radius 3 is 2.25 bits per heavy atom. The Kier molecular flexibility index (Phi) is 5.55. The normalized spacial score (nSPS) is 16.9. The fraction of sp³-hybridized carbons (Fsp3) is 0.588. The molecule has 1 heterocycles. The molecule has 0 N–H and O–H groups in total. The number of ether oxygens (including phenoxy) is 1. The lowest BCUT2D eigenvalue weighted by Gasteiger charge is -2.35. The summed E-state index contributed by atoms with van der Waals surface area (Å²) in [6, 6.07) is 6.60. The minimum atomic E-state index is -3.62. The van der Waals surface area contributed by atoms with Gasteiger partial charge in [0.1, 0.15) is 10.6 Å². The molecule has 7 heteroatoms. The summed E-state index contributed by atoms with van der Waals surface area (Å²) in [6.45, 7) is 7.51. The molecule has 1 aliphatic rings. The third-order valence-electron chi connectivity index (χ3n) is 3.96. The highest BCUT2D eigenvalue weighted by Gasteiger charge is 2.32. The van der Waals surface area contributed by atoms with E-state index in [9.17, 15) is 13.2 Å². The minimum absolute atomic E-state index is 0.0717. The van der Waals surface area contributed by atoms with E-state index in [1.165, 1.54) is 11.4 Å². The van der Waals surface area contributed by atoms with Gasteiger partial charge in [0.15, 0.2) is 0 Å². The first kappa shape index (κ1) is 18.7. The maximum absolute atomic E-state index is 12.8. The first-order chi connectivity index (χ1) is 11.1. The molecule has 2 rings (SSSR count). The van der Waals surface area contributed by atoms with Crippen LogP contribution >= 0.6 is 0 Å². The number of hydrogen-bond acceptors (Lipinski definition) is 4. The quantitative estimate of drug-likeness (QED) is 0.829. The highest BCUT2D eigenvalue weighted by molar-refractivity contribution is 7.89. The lowest BCUT2D eigenvalue weighted by Crippen LogP contribution is -2.51. The summed E-state index contributed by atoms with van der Waals surface area (Å²) in [5.74, 6) is 0.417. The van der Waals surface area contributed by atoms with Crippen LogP contribution in [0.1, 0.15) is 27.2 Å². The largest absolute Gasteiger partial charge is 0.495 e. The van der Waals surface area contributed by atoms with E-state index >= 15 is 0 Å². The second-order valence-electron chi connectivity index (χ2n) is 7.17. The molecule has 0 unspecified atom stereocenters. The minimum Gasteiger partial charge on any atom is -0.495 e. The number of sulfonamides is 1. The molecule has 0 spiro atoms. The molecular formula is C17H26N2O4S. The average molecular weight is 354 g/mol. The maximum Gasteiger partial charge on any atom is 0.246 e. The molecule has 1 amide bonds. The first-order valence-corrected chi connectivity index (χ1v) is 9.50. The van der Waals surface area contributed by atoms with Gasteiger partial charge in [-0.1, -0.05) is 32.9 Å². The lowest BCUT2D eigenvalue weighted by atomic mass is 9.91. The van der Waals surface area contributed by atoms with Gasteiger partial charge in [-0.3, -0.25) is 4.79 Å². The number of methoxy groups -OCH3 is 1. The SMILES string of the molecule is COc1ccccc1S(=O)(=O)N1CCN(C(=O)CC(C)(C)C)CC1. The third-order valence-corrected chi connectivity index (χ3v) is 5.90. The van der Waals surface area contributed by atoms with E-state index in [-0.39, 0.29) is 16.2 Å². The number of benzene rings is 1. The fourth-order valence-corrected chi connectivity index (χ4v) is 4.29. The predicted molar refractivity (Wildman–Crippen MR) is 92.4 cm³/mol. The van der Waals surface area contributed by atoms with Crippen molar-refractivity contribution in [1.82, 2.24) is 9.21 Å². The van der Waals surface area contributed by atoms with Crippen LogP contribution in [0, 0.1) is 5.41 Å². The molecule has 134 valence electrons. The second kappa shape index (κ2) is 7.11. The number of piperazine rings is 1. The van der Waals surface area contributed by atoms with E-state index < -0.39 is 10.0 Å². The topological polar surface area (TPSA) is 66.9 Å². The standard InChI is InChI=1S/C17H26N2O4S/c1-17(2,3)13-16(20)18-9-11-19(12-10-18)24(21,22)15-8-6-5-7-14(15)23-4/h5-8H,9-13H2,1-4H3. The number of nitrogens with zero attached hydrogens (tertiary/aromatic N) is 2. The Labute approximate surface area is 144 Å². The van der Waals surface area contributed by atoms with Crippen molar-refractivity contribution in [3.63, 3.8) is 0 Å². The van der Waals surface area contributed by atoms with Crippen molar-refractivity contribution in [2.45, 2.75) is 32.1 Å². The monoisotopic (exact) mass is 354 g/mol. The van der Waals surface area contributed by atoms with E-state index in [0.717, 1.165) is 0 Å². The van der Waals surface area contributed by atoms with Gasteiger partial charge in [-0.2, -0.15) is 4.31 Å². The predicted octanol–water partition coefficient (Wildman–Crippen LogP) is 1.96. The van der Waals surface area contributed by atoms with Gasteiger partial charge in [0.05, 0.1) is 7.11 Å². The number of rotatable bonds is 4. The summed E-state index contributed by atoms with van der Waals surface area (Å²) in [4.78, 5) is 14.2. The van der Waals surface area contributed by atoms with Crippen molar-refractivity contribution in [2.75, 3.05) is 33.3 Å². The molecule has 1 aromatic carbocycles. The Morgan fingerprint density at radius 2 is 1.71 bits per heavy atom. The zero-order valence-electron chi connectivity index (χ0n) is 14.8. The van der Waals surface area contributed by atoms with Crippen molar-refractivity contribution in [2.24, 2.45) is 5.41 Å². The molecule has 24 heavy (non-hydrogen) atoms. The smallest absolute Gasteiger partial charge is 0.246 e. The third kappa shape index (κ3) is 4.27. The van der Waals surface area contributed by atoms with Crippen LogP contribution < -0.4 is 4.74 Å². The molecule has 0 atom stereocenters. The van der Waals surface area contributed by atoms with Gasteiger partial charge < -0.3 is 9.64 Å². The summed E-state index contributed by atoms with van der Waals surface area (Å²) in [6.07, 6.45) is 0.465. The molecule has 0 saturated carbocycles. The van der Waals surface area contributed by atoms with Crippen LogP contribution in [-0.2, 0) is 14.8 Å². The van der Waals surface area contributed by atoms with Gasteiger partial charge >= 0.3 is 0 Å². The molecule has 1 fully saturated rings. The zero-order chi connectivity index (χ0) is 18.0. The lowest BCUT2D eigenvalue weighted by molar-refractivity contribution is -0.134. The van der Waals surface area contributed by atoms with E-state index in [4.69, 9.17) is 4.74 Å². The van der Waals surface area contributed by atoms with Crippen LogP contribution in [-0.4, -0.2) is 56.8 Å². The molecular weight excluding hydrogens is 328 g/mol. The van der Waals surface area contributed by atoms with Gasteiger partial charge in [0.25, 0.3) is 0 Å².